The van der Waals surface area contributed by atoms with Crippen molar-refractivity contribution in [2.24, 2.45) is 0 Å². The topological polar surface area (TPSA) is 52.6 Å². The van der Waals surface area contributed by atoms with Crippen LogP contribution in [0.2, 0.25) is 0 Å². The first-order valence-corrected chi connectivity index (χ1v) is 8.77. The summed E-state index contributed by atoms with van der Waals surface area (Å²) in [7, 11) is 0. The van der Waals surface area contributed by atoms with Gasteiger partial charge in [0.25, 0.3) is 5.91 Å². The fourth-order valence-corrected chi connectivity index (χ4v) is 2.48. The van der Waals surface area contributed by atoms with E-state index in [-0.39, 0.29) is 11.7 Å². The number of aromatic nitrogens is 2. The molecule has 0 saturated carbocycles. The third kappa shape index (κ3) is 6.49. The standard InChI is InChI=1S/C17H30FN5O/c1-5-21(6-2)9-11-23(12-10-22(7-3)8-4)17(24)16-19-13-15(18)14-20-16/h13-14H,5-12H2,1-4H3. The van der Waals surface area contributed by atoms with Crippen molar-refractivity contribution < 1.29 is 9.18 Å². The number of amides is 1. The van der Waals surface area contributed by atoms with Gasteiger partial charge in [0.2, 0.25) is 5.82 Å². The zero-order valence-electron chi connectivity index (χ0n) is 15.3. The van der Waals surface area contributed by atoms with E-state index in [1.54, 1.807) is 4.90 Å². The van der Waals surface area contributed by atoms with E-state index in [9.17, 15) is 9.18 Å². The molecule has 136 valence electrons. The summed E-state index contributed by atoms with van der Waals surface area (Å²) in [6.07, 6.45) is 2.07. The third-order valence-electron chi connectivity index (χ3n) is 4.26. The average Bonchev–Trinajstić information content (AvgIpc) is 2.61. The highest BCUT2D eigenvalue weighted by molar-refractivity contribution is 5.90. The van der Waals surface area contributed by atoms with Gasteiger partial charge in [-0.3, -0.25) is 4.79 Å². The van der Waals surface area contributed by atoms with Crippen molar-refractivity contribution in [1.29, 1.82) is 0 Å². The van der Waals surface area contributed by atoms with Gasteiger partial charge in [0.1, 0.15) is 0 Å². The average molecular weight is 339 g/mol. The van der Waals surface area contributed by atoms with Crippen LogP contribution in [0.5, 0.6) is 0 Å². The fraction of sp³-hybridized carbons (Fsp3) is 0.706. The highest BCUT2D eigenvalue weighted by atomic mass is 19.1. The minimum Gasteiger partial charge on any atom is -0.333 e. The zero-order valence-corrected chi connectivity index (χ0v) is 15.3. The number of carbonyl (C=O) groups is 1. The van der Waals surface area contributed by atoms with Crippen LogP contribution in [0, 0.1) is 5.82 Å². The molecule has 0 saturated heterocycles. The Hall–Kier alpha value is -1.60. The number of carbonyl (C=O) groups excluding carboxylic acids is 1. The molecule has 0 fully saturated rings. The molecule has 0 unspecified atom stereocenters. The second-order valence-electron chi connectivity index (χ2n) is 5.57. The predicted molar refractivity (Wildman–Crippen MR) is 93.5 cm³/mol. The molecule has 24 heavy (non-hydrogen) atoms. The second kappa shape index (κ2) is 11.0. The molecular formula is C17H30FN5O. The zero-order chi connectivity index (χ0) is 17.9. The van der Waals surface area contributed by atoms with Crippen molar-refractivity contribution in [2.45, 2.75) is 27.7 Å². The van der Waals surface area contributed by atoms with Crippen LogP contribution in [0.25, 0.3) is 0 Å². The van der Waals surface area contributed by atoms with Crippen molar-refractivity contribution in [3.05, 3.63) is 24.0 Å². The van der Waals surface area contributed by atoms with Crippen LogP contribution in [-0.4, -0.2) is 82.9 Å². The van der Waals surface area contributed by atoms with Gasteiger partial charge in [-0.05, 0) is 26.2 Å². The Morgan fingerprint density at radius 2 is 1.29 bits per heavy atom. The number of rotatable bonds is 11. The van der Waals surface area contributed by atoms with E-state index >= 15 is 0 Å². The number of likely N-dealkylation sites (N-methyl/N-ethyl adjacent to an activating group) is 2. The van der Waals surface area contributed by atoms with Gasteiger partial charge in [0.15, 0.2) is 5.82 Å². The van der Waals surface area contributed by atoms with Crippen molar-refractivity contribution in [2.75, 3.05) is 52.4 Å². The maximum atomic E-state index is 13.0. The predicted octanol–water partition coefficient (Wildman–Crippen LogP) is 1.74. The lowest BCUT2D eigenvalue weighted by atomic mass is 10.3. The Labute approximate surface area is 144 Å². The molecule has 0 aliphatic carbocycles. The van der Waals surface area contributed by atoms with E-state index in [2.05, 4.69) is 47.5 Å². The van der Waals surface area contributed by atoms with Crippen LogP contribution in [0.4, 0.5) is 4.39 Å². The summed E-state index contributed by atoms with van der Waals surface area (Å²) in [6.45, 7) is 15.0. The smallest absolute Gasteiger partial charge is 0.291 e. The maximum absolute atomic E-state index is 13.0. The number of halogens is 1. The molecule has 0 aliphatic rings. The molecule has 0 aliphatic heterocycles. The van der Waals surface area contributed by atoms with Gasteiger partial charge >= 0.3 is 0 Å². The van der Waals surface area contributed by atoms with Gasteiger partial charge in [-0.1, -0.05) is 27.7 Å². The van der Waals surface area contributed by atoms with Crippen LogP contribution in [0.15, 0.2) is 12.4 Å². The van der Waals surface area contributed by atoms with Gasteiger partial charge < -0.3 is 14.7 Å². The second-order valence-corrected chi connectivity index (χ2v) is 5.57. The first-order valence-electron chi connectivity index (χ1n) is 8.77. The van der Waals surface area contributed by atoms with Crippen LogP contribution >= 0.6 is 0 Å². The van der Waals surface area contributed by atoms with Gasteiger partial charge in [0.05, 0.1) is 12.4 Å². The minimum absolute atomic E-state index is 0.0514. The normalized spacial score (nSPS) is 11.3. The van der Waals surface area contributed by atoms with Gasteiger partial charge in [-0.2, -0.15) is 0 Å². The lowest BCUT2D eigenvalue weighted by Gasteiger charge is -2.28. The SMILES string of the molecule is CCN(CC)CCN(CCN(CC)CC)C(=O)c1ncc(F)cn1. The quantitative estimate of drug-likeness (QED) is 0.615. The first-order chi connectivity index (χ1) is 11.5. The van der Waals surface area contributed by atoms with Gasteiger partial charge in [-0.15, -0.1) is 0 Å². The van der Waals surface area contributed by atoms with Crippen molar-refractivity contribution in [1.82, 2.24) is 24.7 Å². The van der Waals surface area contributed by atoms with E-state index < -0.39 is 5.82 Å². The van der Waals surface area contributed by atoms with Gasteiger partial charge in [0, 0.05) is 26.2 Å². The molecule has 0 spiro atoms. The monoisotopic (exact) mass is 339 g/mol. The Morgan fingerprint density at radius 1 is 0.875 bits per heavy atom. The molecule has 1 rings (SSSR count). The summed E-state index contributed by atoms with van der Waals surface area (Å²) in [4.78, 5) is 26.6. The molecule has 0 aromatic carbocycles. The van der Waals surface area contributed by atoms with Crippen LogP contribution < -0.4 is 0 Å². The minimum atomic E-state index is -0.538. The van der Waals surface area contributed by atoms with E-state index in [1.165, 1.54) is 0 Å². The van der Waals surface area contributed by atoms with Crippen LogP contribution in [-0.2, 0) is 0 Å². The van der Waals surface area contributed by atoms with Crippen LogP contribution in [0.3, 0.4) is 0 Å². The first kappa shape index (κ1) is 20.4. The van der Waals surface area contributed by atoms with Crippen LogP contribution in [0.1, 0.15) is 38.3 Å². The molecule has 1 aromatic heterocycles. The third-order valence-corrected chi connectivity index (χ3v) is 4.26. The number of nitrogens with zero attached hydrogens (tertiary/aromatic N) is 5. The highest BCUT2D eigenvalue weighted by Crippen LogP contribution is 2.02. The molecule has 0 radical (unpaired) electrons. The molecular weight excluding hydrogens is 309 g/mol. The van der Waals surface area contributed by atoms with Crippen molar-refractivity contribution in [3.8, 4) is 0 Å². The van der Waals surface area contributed by atoms with Crippen molar-refractivity contribution >= 4 is 5.91 Å². The molecule has 6 nitrogen and oxygen atoms in total. The maximum Gasteiger partial charge on any atom is 0.291 e. The lowest BCUT2D eigenvalue weighted by molar-refractivity contribution is 0.0705. The molecule has 0 atom stereocenters. The summed E-state index contributed by atoms with van der Waals surface area (Å²) in [6, 6.07) is 0. The van der Waals surface area contributed by atoms with E-state index in [1.807, 2.05) is 0 Å². The van der Waals surface area contributed by atoms with Crippen molar-refractivity contribution in [3.63, 3.8) is 0 Å². The summed E-state index contributed by atoms with van der Waals surface area (Å²) in [5.74, 6) is -0.728. The lowest BCUT2D eigenvalue weighted by Crippen LogP contribution is -2.43. The van der Waals surface area contributed by atoms with Gasteiger partial charge in [-0.25, -0.2) is 14.4 Å². The summed E-state index contributed by atoms with van der Waals surface area (Å²) < 4.78 is 13.0. The number of hydrogen-bond acceptors (Lipinski definition) is 5. The van der Waals surface area contributed by atoms with E-state index in [0.717, 1.165) is 51.7 Å². The molecule has 7 heteroatoms. The molecule has 1 aromatic rings. The highest BCUT2D eigenvalue weighted by Gasteiger charge is 2.19. The Morgan fingerprint density at radius 3 is 1.67 bits per heavy atom. The molecule has 0 N–H and O–H groups in total. The Kier molecular flexibility index (Phi) is 9.41. The molecule has 0 bridgehead atoms. The van der Waals surface area contributed by atoms with E-state index in [4.69, 9.17) is 0 Å². The molecule has 1 heterocycles. The van der Waals surface area contributed by atoms with E-state index in [0.29, 0.717) is 13.1 Å². The summed E-state index contributed by atoms with van der Waals surface area (Å²) in [5.41, 5.74) is 0. The summed E-state index contributed by atoms with van der Waals surface area (Å²) >= 11 is 0. The number of hydrogen-bond donors (Lipinski definition) is 0. The Bertz CT molecular complexity index is 458. The largest absolute Gasteiger partial charge is 0.333 e. The Balaban J connectivity index is 2.78. The fourth-order valence-electron chi connectivity index (χ4n) is 2.48. The molecule has 1 amide bonds. The summed E-state index contributed by atoms with van der Waals surface area (Å²) in [5, 5.41) is 0.